The van der Waals surface area contributed by atoms with Crippen molar-refractivity contribution < 1.29 is 0 Å². The maximum atomic E-state index is 2.33. The number of benzene rings is 1. The monoisotopic (exact) mass is 186 g/mol. The van der Waals surface area contributed by atoms with Crippen molar-refractivity contribution in [3.63, 3.8) is 0 Å². The summed E-state index contributed by atoms with van der Waals surface area (Å²) < 4.78 is 0. The molecule has 0 radical (unpaired) electrons. The van der Waals surface area contributed by atoms with Crippen LogP contribution < -0.4 is 0 Å². The van der Waals surface area contributed by atoms with Crippen LogP contribution in [0.15, 0.2) is 42.5 Å². The Balaban J connectivity index is 1.68. The van der Waals surface area contributed by atoms with Gasteiger partial charge in [0.25, 0.3) is 0 Å². The molecule has 1 aromatic carbocycles. The molecule has 0 saturated carbocycles. The summed E-state index contributed by atoms with van der Waals surface area (Å²) in [6.45, 7) is 0. The average molecular weight is 186 g/mol. The number of rotatable bonds is 4. The lowest BCUT2D eigenvalue weighted by molar-refractivity contribution is 0.499. The molecule has 0 aromatic heterocycles. The quantitative estimate of drug-likeness (QED) is 0.624. The fourth-order valence-corrected chi connectivity index (χ4v) is 2.15. The largest absolute Gasteiger partial charge is 0.0882 e. The highest BCUT2D eigenvalue weighted by Gasteiger charge is 2.08. The molecule has 0 unspecified atom stereocenters. The Labute approximate surface area is 86.7 Å². The molecule has 14 heavy (non-hydrogen) atoms. The summed E-state index contributed by atoms with van der Waals surface area (Å²) in [6, 6.07) is 10.8. The number of hydrogen-bond acceptors (Lipinski definition) is 0. The van der Waals surface area contributed by atoms with Crippen LogP contribution in [0.2, 0.25) is 0 Å². The van der Waals surface area contributed by atoms with Crippen LogP contribution in [0.3, 0.4) is 0 Å². The SMILES string of the molecule is C1=CCC(CCCc2ccccc2)C1. The molecule has 2 rings (SSSR count). The second-order valence-electron chi connectivity index (χ2n) is 4.19. The highest BCUT2D eigenvalue weighted by atomic mass is 14.1. The van der Waals surface area contributed by atoms with E-state index in [-0.39, 0.29) is 0 Å². The van der Waals surface area contributed by atoms with Crippen LogP contribution in [-0.4, -0.2) is 0 Å². The second-order valence-corrected chi connectivity index (χ2v) is 4.19. The van der Waals surface area contributed by atoms with Crippen LogP contribution in [-0.2, 0) is 6.42 Å². The van der Waals surface area contributed by atoms with E-state index in [1.54, 1.807) is 0 Å². The minimum Gasteiger partial charge on any atom is -0.0882 e. The first-order chi connectivity index (χ1) is 6.95. The van der Waals surface area contributed by atoms with E-state index in [4.69, 9.17) is 0 Å². The molecular formula is C14H18. The lowest BCUT2D eigenvalue weighted by Crippen LogP contribution is -1.95. The van der Waals surface area contributed by atoms with Gasteiger partial charge in [-0.3, -0.25) is 0 Å². The van der Waals surface area contributed by atoms with Crippen LogP contribution in [0.1, 0.15) is 31.2 Å². The molecule has 0 bridgehead atoms. The van der Waals surface area contributed by atoms with Crippen molar-refractivity contribution in [3.8, 4) is 0 Å². The van der Waals surface area contributed by atoms with Crippen molar-refractivity contribution in [3.05, 3.63) is 48.0 Å². The van der Waals surface area contributed by atoms with Gasteiger partial charge in [-0.15, -0.1) is 0 Å². The topological polar surface area (TPSA) is 0 Å². The summed E-state index contributed by atoms with van der Waals surface area (Å²) in [5, 5.41) is 0. The first kappa shape index (κ1) is 9.51. The van der Waals surface area contributed by atoms with Crippen molar-refractivity contribution in [1.29, 1.82) is 0 Å². The Hall–Kier alpha value is -1.04. The summed E-state index contributed by atoms with van der Waals surface area (Å²) in [5.41, 5.74) is 1.48. The summed E-state index contributed by atoms with van der Waals surface area (Å²) in [7, 11) is 0. The first-order valence-corrected chi connectivity index (χ1v) is 5.64. The number of allylic oxidation sites excluding steroid dienone is 2. The van der Waals surface area contributed by atoms with Crippen LogP contribution in [0.25, 0.3) is 0 Å². The smallest absolute Gasteiger partial charge is 0.0279 e. The second kappa shape index (κ2) is 4.99. The summed E-state index contributed by atoms with van der Waals surface area (Å²) in [5.74, 6) is 0.943. The molecule has 0 atom stereocenters. The highest BCUT2D eigenvalue weighted by molar-refractivity contribution is 5.14. The van der Waals surface area contributed by atoms with Gasteiger partial charge in [0.05, 0.1) is 0 Å². The van der Waals surface area contributed by atoms with Crippen molar-refractivity contribution in [2.75, 3.05) is 0 Å². The zero-order chi connectivity index (χ0) is 9.64. The molecule has 0 N–H and O–H groups in total. The molecule has 74 valence electrons. The summed E-state index contributed by atoms with van der Waals surface area (Å²) in [6.07, 6.45) is 11.3. The molecule has 0 spiro atoms. The van der Waals surface area contributed by atoms with E-state index >= 15 is 0 Å². The summed E-state index contributed by atoms with van der Waals surface area (Å²) >= 11 is 0. The van der Waals surface area contributed by atoms with Gasteiger partial charge >= 0.3 is 0 Å². The van der Waals surface area contributed by atoms with E-state index in [1.165, 1.54) is 37.7 Å². The van der Waals surface area contributed by atoms with Gasteiger partial charge in [0.15, 0.2) is 0 Å². The Bertz CT molecular complexity index is 276. The minimum absolute atomic E-state index is 0.943. The van der Waals surface area contributed by atoms with Gasteiger partial charge in [0.2, 0.25) is 0 Å². The molecular weight excluding hydrogens is 168 g/mol. The molecule has 0 nitrogen and oxygen atoms in total. The molecule has 0 fully saturated rings. The zero-order valence-electron chi connectivity index (χ0n) is 8.65. The Morgan fingerprint density at radius 3 is 2.43 bits per heavy atom. The van der Waals surface area contributed by atoms with E-state index in [9.17, 15) is 0 Å². The Kier molecular flexibility index (Phi) is 3.39. The van der Waals surface area contributed by atoms with E-state index in [1.807, 2.05) is 0 Å². The van der Waals surface area contributed by atoms with Gasteiger partial charge in [-0.25, -0.2) is 0 Å². The number of aryl methyl sites for hydroxylation is 1. The fourth-order valence-electron chi connectivity index (χ4n) is 2.15. The highest BCUT2D eigenvalue weighted by Crippen LogP contribution is 2.23. The third kappa shape index (κ3) is 2.73. The van der Waals surface area contributed by atoms with Gasteiger partial charge in [-0.1, -0.05) is 42.5 Å². The van der Waals surface area contributed by atoms with E-state index < -0.39 is 0 Å². The molecule has 0 heteroatoms. The third-order valence-electron chi connectivity index (χ3n) is 3.03. The first-order valence-electron chi connectivity index (χ1n) is 5.64. The van der Waals surface area contributed by atoms with Crippen molar-refractivity contribution in [2.45, 2.75) is 32.1 Å². The van der Waals surface area contributed by atoms with Crippen LogP contribution in [0, 0.1) is 5.92 Å². The molecule has 0 heterocycles. The minimum atomic E-state index is 0.943. The predicted molar refractivity (Wildman–Crippen MR) is 61.2 cm³/mol. The molecule has 0 amide bonds. The van der Waals surface area contributed by atoms with Gasteiger partial charge in [0.1, 0.15) is 0 Å². The maximum Gasteiger partial charge on any atom is -0.0279 e. The van der Waals surface area contributed by atoms with E-state index in [0.717, 1.165) is 5.92 Å². The maximum absolute atomic E-state index is 2.33. The molecule has 0 aliphatic heterocycles. The number of hydrogen-bond donors (Lipinski definition) is 0. The molecule has 1 aliphatic carbocycles. The van der Waals surface area contributed by atoms with Crippen LogP contribution in [0.5, 0.6) is 0 Å². The Morgan fingerprint density at radius 1 is 1.00 bits per heavy atom. The molecule has 1 aromatic rings. The summed E-state index contributed by atoms with van der Waals surface area (Å²) in [4.78, 5) is 0. The standard InChI is InChI=1S/C14H18/c1-2-7-13(8-3-1)11-6-12-14-9-4-5-10-14/h1-5,7-8,14H,6,9-12H2. The van der Waals surface area contributed by atoms with Crippen molar-refractivity contribution in [1.82, 2.24) is 0 Å². The normalized spacial score (nSPS) is 16.3. The fraction of sp³-hybridized carbons (Fsp3) is 0.429. The van der Waals surface area contributed by atoms with Crippen LogP contribution in [0.4, 0.5) is 0 Å². The van der Waals surface area contributed by atoms with Gasteiger partial charge in [-0.2, -0.15) is 0 Å². The van der Waals surface area contributed by atoms with E-state index in [0.29, 0.717) is 0 Å². The average Bonchev–Trinajstić information content (AvgIpc) is 2.72. The van der Waals surface area contributed by atoms with Crippen LogP contribution >= 0.6 is 0 Å². The van der Waals surface area contributed by atoms with Crippen molar-refractivity contribution in [2.24, 2.45) is 5.92 Å². The van der Waals surface area contributed by atoms with Gasteiger partial charge < -0.3 is 0 Å². The van der Waals surface area contributed by atoms with Gasteiger partial charge in [-0.05, 0) is 43.6 Å². The lowest BCUT2D eigenvalue weighted by atomic mass is 9.98. The third-order valence-corrected chi connectivity index (χ3v) is 3.03. The molecule has 0 saturated heterocycles. The van der Waals surface area contributed by atoms with Crippen molar-refractivity contribution >= 4 is 0 Å². The Morgan fingerprint density at radius 2 is 1.71 bits per heavy atom. The lowest BCUT2D eigenvalue weighted by Gasteiger charge is -2.08. The van der Waals surface area contributed by atoms with E-state index in [2.05, 4.69) is 42.5 Å². The molecule has 1 aliphatic rings. The zero-order valence-corrected chi connectivity index (χ0v) is 8.65. The van der Waals surface area contributed by atoms with Gasteiger partial charge in [0, 0.05) is 0 Å². The predicted octanol–water partition coefficient (Wildman–Crippen LogP) is 3.98.